The predicted octanol–water partition coefficient (Wildman–Crippen LogP) is 5.18. The third kappa shape index (κ3) is 3.66. The van der Waals surface area contributed by atoms with Crippen LogP contribution in [-0.2, 0) is 0 Å². The molecular weight excluding hydrogens is 448 g/mol. The van der Waals surface area contributed by atoms with Crippen LogP contribution in [-0.4, -0.2) is 20.7 Å². The lowest BCUT2D eigenvalue weighted by Crippen LogP contribution is -2.16. The van der Waals surface area contributed by atoms with Gasteiger partial charge in [0.1, 0.15) is 5.69 Å². The molecule has 2 heterocycles. The summed E-state index contributed by atoms with van der Waals surface area (Å²) in [5.74, 6) is -0.561. The van der Waals surface area contributed by atoms with E-state index in [-0.39, 0.29) is 5.69 Å². The van der Waals surface area contributed by atoms with E-state index in [0.29, 0.717) is 15.8 Å². The normalized spacial score (nSPS) is 10.9. The first-order chi connectivity index (χ1) is 13.0. The van der Waals surface area contributed by atoms with Crippen LogP contribution in [0.4, 0.5) is 0 Å². The summed E-state index contributed by atoms with van der Waals surface area (Å²) in [5.41, 5.74) is 9.09. The van der Waals surface area contributed by atoms with Crippen LogP contribution in [0.1, 0.15) is 10.5 Å². The first-order valence-corrected chi connectivity index (χ1v) is 9.94. The molecule has 0 aliphatic carbocycles. The predicted molar refractivity (Wildman–Crippen MR) is 111 cm³/mol. The maximum atomic E-state index is 11.9. The number of amides is 1. The highest BCUT2D eigenvalue weighted by atomic mass is 79.9. The Morgan fingerprint density at radius 2 is 1.67 bits per heavy atom. The Balaban J connectivity index is 1.76. The van der Waals surface area contributed by atoms with Crippen LogP contribution in [0.15, 0.2) is 64.5 Å². The van der Waals surface area contributed by atoms with E-state index in [9.17, 15) is 4.79 Å². The fraction of sp³-hybridized carbons (Fsp3) is 0. The van der Waals surface area contributed by atoms with Gasteiger partial charge in [-0.15, -0.1) is 11.3 Å². The van der Waals surface area contributed by atoms with Crippen molar-refractivity contribution < 1.29 is 4.79 Å². The molecule has 4 rings (SSSR count). The molecule has 0 saturated heterocycles. The van der Waals surface area contributed by atoms with Gasteiger partial charge in [-0.3, -0.25) is 4.79 Å². The third-order valence-corrected chi connectivity index (χ3v) is 5.51. The van der Waals surface area contributed by atoms with E-state index in [1.54, 1.807) is 6.07 Å². The summed E-state index contributed by atoms with van der Waals surface area (Å²) in [4.78, 5) is 16.5. The lowest BCUT2D eigenvalue weighted by molar-refractivity contribution is 0.0993. The minimum atomic E-state index is -0.561. The number of halogens is 2. The number of nitrogens with zero attached hydrogens (tertiary/aromatic N) is 3. The summed E-state index contributed by atoms with van der Waals surface area (Å²) in [6.07, 6.45) is 0. The molecule has 5 nitrogen and oxygen atoms in total. The van der Waals surface area contributed by atoms with E-state index in [1.165, 1.54) is 16.0 Å². The molecule has 134 valence electrons. The summed E-state index contributed by atoms with van der Waals surface area (Å²) in [7, 11) is 0. The lowest BCUT2D eigenvalue weighted by Gasteiger charge is -2.00. The van der Waals surface area contributed by atoms with Crippen LogP contribution in [0.3, 0.4) is 0 Å². The highest BCUT2D eigenvalue weighted by molar-refractivity contribution is 9.10. The molecule has 0 aliphatic rings. The molecule has 0 atom stereocenters. The number of thiazole rings is 1. The van der Waals surface area contributed by atoms with Crippen molar-refractivity contribution in [2.24, 2.45) is 5.73 Å². The van der Waals surface area contributed by atoms with Crippen molar-refractivity contribution >= 4 is 44.8 Å². The van der Waals surface area contributed by atoms with Crippen LogP contribution >= 0.6 is 38.9 Å². The van der Waals surface area contributed by atoms with Gasteiger partial charge in [-0.2, -0.15) is 9.78 Å². The van der Waals surface area contributed by atoms with Crippen LogP contribution in [0.5, 0.6) is 0 Å². The fourth-order valence-electron chi connectivity index (χ4n) is 2.58. The molecule has 4 aromatic rings. The summed E-state index contributed by atoms with van der Waals surface area (Å²) < 4.78 is 2.46. The van der Waals surface area contributed by atoms with Gasteiger partial charge in [0, 0.05) is 26.0 Å². The number of aromatic nitrogens is 3. The molecular formula is C19H12BrClN4OS. The van der Waals surface area contributed by atoms with Crippen LogP contribution < -0.4 is 5.73 Å². The molecule has 1 amide bonds. The number of hydrogen-bond donors (Lipinski definition) is 1. The minimum absolute atomic E-state index is 0.282. The van der Waals surface area contributed by atoms with Crippen molar-refractivity contribution in [3.05, 3.63) is 75.2 Å². The number of rotatable bonds is 4. The Labute approximate surface area is 172 Å². The van der Waals surface area contributed by atoms with Gasteiger partial charge in [0.25, 0.3) is 5.91 Å². The Hall–Kier alpha value is -2.48. The van der Waals surface area contributed by atoms with Gasteiger partial charge in [0.15, 0.2) is 0 Å². The van der Waals surface area contributed by atoms with Gasteiger partial charge >= 0.3 is 0 Å². The number of carbonyl (C=O) groups is 1. The smallest absolute Gasteiger partial charge is 0.267 e. The molecule has 0 bridgehead atoms. The number of nitrogens with two attached hydrogens (primary N) is 1. The molecule has 0 unspecified atom stereocenters. The summed E-state index contributed by atoms with van der Waals surface area (Å²) >= 11 is 10.7. The SMILES string of the molecule is NC(=O)c1cc(-c2ccc(Br)cc2)nn1-c1nc(-c2ccc(Cl)cc2)cs1. The van der Waals surface area contributed by atoms with E-state index in [4.69, 9.17) is 17.3 Å². The van der Waals surface area contributed by atoms with Crippen molar-refractivity contribution in [1.82, 2.24) is 14.8 Å². The van der Waals surface area contributed by atoms with Gasteiger partial charge in [0.2, 0.25) is 5.13 Å². The van der Waals surface area contributed by atoms with Crippen molar-refractivity contribution in [3.8, 4) is 27.6 Å². The molecule has 0 radical (unpaired) electrons. The molecule has 0 fully saturated rings. The quantitative estimate of drug-likeness (QED) is 0.457. The number of carbonyl (C=O) groups excluding carboxylic acids is 1. The maximum Gasteiger partial charge on any atom is 0.267 e. The van der Waals surface area contributed by atoms with Gasteiger partial charge in [-0.05, 0) is 30.3 Å². The Morgan fingerprint density at radius 1 is 1.04 bits per heavy atom. The summed E-state index contributed by atoms with van der Waals surface area (Å²) in [5, 5.41) is 7.69. The second kappa shape index (κ2) is 7.26. The van der Waals surface area contributed by atoms with E-state index in [1.807, 2.05) is 53.9 Å². The highest BCUT2D eigenvalue weighted by Gasteiger charge is 2.18. The van der Waals surface area contributed by atoms with Crippen molar-refractivity contribution in [1.29, 1.82) is 0 Å². The van der Waals surface area contributed by atoms with Crippen molar-refractivity contribution in [3.63, 3.8) is 0 Å². The Kier molecular flexibility index (Phi) is 4.82. The van der Waals surface area contributed by atoms with Crippen LogP contribution in [0.25, 0.3) is 27.6 Å². The molecule has 2 N–H and O–H groups in total. The average Bonchev–Trinajstić information content (AvgIpc) is 3.30. The van der Waals surface area contributed by atoms with Gasteiger partial charge in [-0.25, -0.2) is 4.98 Å². The molecule has 2 aromatic heterocycles. The molecule has 0 saturated carbocycles. The zero-order valence-corrected chi connectivity index (χ0v) is 16.9. The minimum Gasteiger partial charge on any atom is -0.364 e. The van der Waals surface area contributed by atoms with E-state index >= 15 is 0 Å². The molecule has 2 aromatic carbocycles. The third-order valence-electron chi connectivity index (χ3n) is 3.92. The molecule has 0 aliphatic heterocycles. The van der Waals surface area contributed by atoms with Gasteiger partial charge < -0.3 is 5.73 Å². The van der Waals surface area contributed by atoms with E-state index in [0.717, 1.165) is 21.3 Å². The second-order valence-corrected chi connectivity index (χ2v) is 7.91. The average molecular weight is 460 g/mol. The molecule has 8 heteroatoms. The summed E-state index contributed by atoms with van der Waals surface area (Å²) in [6.45, 7) is 0. The number of primary amides is 1. The van der Waals surface area contributed by atoms with Crippen LogP contribution in [0.2, 0.25) is 5.02 Å². The topological polar surface area (TPSA) is 73.8 Å². The number of hydrogen-bond acceptors (Lipinski definition) is 4. The zero-order valence-electron chi connectivity index (χ0n) is 13.8. The largest absolute Gasteiger partial charge is 0.364 e. The van der Waals surface area contributed by atoms with Gasteiger partial charge in [-0.1, -0.05) is 51.8 Å². The Bertz CT molecular complexity index is 1120. The van der Waals surface area contributed by atoms with Gasteiger partial charge in [0.05, 0.1) is 11.4 Å². The maximum absolute atomic E-state index is 11.9. The first kappa shape index (κ1) is 17.9. The zero-order chi connectivity index (χ0) is 19.0. The summed E-state index contributed by atoms with van der Waals surface area (Å²) in [6, 6.07) is 16.8. The van der Waals surface area contributed by atoms with E-state index in [2.05, 4.69) is 26.0 Å². The first-order valence-electron chi connectivity index (χ1n) is 7.89. The lowest BCUT2D eigenvalue weighted by atomic mass is 10.1. The van der Waals surface area contributed by atoms with Crippen molar-refractivity contribution in [2.75, 3.05) is 0 Å². The molecule has 27 heavy (non-hydrogen) atoms. The standard InChI is InChI=1S/C19H12BrClN4OS/c20-13-5-1-11(2-6-13)15-9-17(18(22)26)25(24-15)19-23-16(10-27-19)12-3-7-14(21)8-4-12/h1-10H,(H2,22,26). The number of benzene rings is 2. The highest BCUT2D eigenvalue weighted by Crippen LogP contribution is 2.28. The fourth-order valence-corrected chi connectivity index (χ4v) is 3.77. The van der Waals surface area contributed by atoms with Crippen molar-refractivity contribution in [2.45, 2.75) is 0 Å². The Morgan fingerprint density at radius 3 is 2.33 bits per heavy atom. The van der Waals surface area contributed by atoms with Crippen LogP contribution in [0, 0.1) is 0 Å². The molecule has 0 spiro atoms. The second-order valence-electron chi connectivity index (χ2n) is 5.72. The van der Waals surface area contributed by atoms with E-state index < -0.39 is 5.91 Å². The monoisotopic (exact) mass is 458 g/mol.